The van der Waals surface area contributed by atoms with Crippen LogP contribution < -0.4 is 0 Å². The normalized spacial score (nSPS) is 9.96. The molecule has 0 spiro atoms. The van der Waals surface area contributed by atoms with Gasteiger partial charge in [-0.15, -0.1) is 5.73 Å². The molecule has 3 heteroatoms. The molecule has 1 rings (SSSR count). The minimum Gasteiger partial charge on any atom is -0.461 e. The smallest absolute Gasteiger partial charge is 0.306 e. The van der Waals surface area contributed by atoms with Crippen molar-refractivity contribution in [2.45, 2.75) is 71.3 Å². The molecule has 0 aliphatic rings. The van der Waals surface area contributed by atoms with Crippen LogP contribution in [0.2, 0.25) is 0 Å². The molecule has 0 amide bonds. The van der Waals surface area contributed by atoms with Gasteiger partial charge in [-0.2, -0.15) is 0 Å². The maximum atomic E-state index is 11.6. The number of hydrogen-bond acceptors (Lipinski definition) is 3. The Hall–Kier alpha value is -1.86. The molecule has 23 heavy (non-hydrogen) atoms. The first kappa shape index (κ1) is 19.2. The molecule has 0 N–H and O–H groups in total. The number of unbranched alkanes of at least 4 members (excludes halogenated alkanes) is 7. The molecule has 1 heterocycles. The van der Waals surface area contributed by atoms with Crippen LogP contribution in [-0.4, -0.2) is 11.0 Å². The van der Waals surface area contributed by atoms with E-state index in [0.717, 1.165) is 24.8 Å². The molecule has 1 aromatic heterocycles. The summed E-state index contributed by atoms with van der Waals surface area (Å²) >= 11 is 0. The van der Waals surface area contributed by atoms with Gasteiger partial charge in [-0.1, -0.05) is 38.2 Å². The third-order valence-corrected chi connectivity index (χ3v) is 3.64. The first-order valence-corrected chi connectivity index (χ1v) is 8.73. The van der Waals surface area contributed by atoms with E-state index in [0.29, 0.717) is 13.0 Å². The van der Waals surface area contributed by atoms with Gasteiger partial charge in [0.25, 0.3) is 0 Å². The first-order valence-electron chi connectivity index (χ1n) is 8.73. The molecule has 0 radical (unpaired) electrons. The second kappa shape index (κ2) is 13.8. The quantitative estimate of drug-likeness (QED) is 0.296. The Morgan fingerprint density at radius 2 is 1.91 bits per heavy atom. The van der Waals surface area contributed by atoms with Crippen molar-refractivity contribution in [1.82, 2.24) is 4.98 Å². The first-order chi connectivity index (χ1) is 11.3. The van der Waals surface area contributed by atoms with E-state index in [1.54, 1.807) is 12.4 Å². The van der Waals surface area contributed by atoms with E-state index in [4.69, 9.17) is 4.74 Å². The zero-order valence-corrected chi connectivity index (χ0v) is 14.3. The van der Waals surface area contributed by atoms with Gasteiger partial charge in [0.1, 0.15) is 6.61 Å². The highest BCUT2D eigenvalue weighted by molar-refractivity contribution is 5.69. The number of pyridine rings is 1. The summed E-state index contributed by atoms with van der Waals surface area (Å²) in [4.78, 5) is 15.6. The fraction of sp³-hybridized carbons (Fsp3) is 0.550. The lowest BCUT2D eigenvalue weighted by molar-refractivity contribution is -0.145. The number of ether oxygens (including phenoxy) is 1. The summed E-state index contributed by atoms with van der Waals surface area (Å²) in [5.41, 5.74) is 4.04. The molecular weight excluding hydrogens is 286 g/mol. The highest BCUT2D eigenvalue weighted by atomic mass is 16.5. The number of nitrogens with zero attached hydrogens (tertiary/aromatic N) is 1. The fourth-order valence-corrected chi connectivity index (χ4v) is 2.32. The van der Waals surface area contributed by atoms with E-state index in [1.165, 1.54) is 32.1 Å². The van der Waals surface area contributed by atoms with Crippen LogP contribution in [0.5, 0.6) is 0 Å². The molecule has 0 bridgehead atoms. The molecule has 0 unspecified atom stereocenters. The van der Waals surface area contributed by atoms with Crippen molar-refractivity contribution in [3.8, 4) is 0 Å². The van der Waals surface area contributed by atoms with E-state index in [2.05, 4.69) is 16.8 Å². The number of allylic oxidation sites excluding steroid dienone is 1. The Labute approximate surface area is 140 Å². The van der Waals surface area contributed by atoms with Crippen molar-refractivity contribution in [2.75, 3.05) is 0 Å². The summed E-state index contributed by atoms with van der Waals surface area (Å²) in [7, 11) is 0. The molecule has 3 nitrogen and oxygen atoms in total. The summed E-state index contributed by atoms with van der Waals surface area (Å²) < 4.78 is 5.23. The molecular formula is C20H29NO2. The van der Waals surface area contributed by atoms with Gasteiger partial charge in [0.15, 0.2) is 0 Å². The second-order valence-electron chi connectivity index (χ2n) is 5.69. The summed E-state index contributed by atoms with van der Waals surface area (Å²) in [5, 5.41) is 0. The summed E-state index contributed by atoms with van der Waals surface area (Å²) in [5.74, 6) is -0.107. The lowest BCUT2D eigenvalue weighted by Gasteiger charge is -2.04. The molecule has 0 aliphatic heterocycles. The average molecular weight is 315 g/mol. The number of aromatic nitrogens is 1. The van der Waals surface area contributed by atoms with Crippen molar-refractivity contribution in [2.24, 2.45) is 0 Å². The third kappa shape index (κ3) is 11.4. The zero-order chi connectivity index (χ0) is 16.6. The largest absolute Gasteiger partial charge is 0.461 e. The standard InChI is InChI=1S/C20H29NO2/c1-2-3-4-5-6-7-8-9-10-11-12-15-20(22)23-18-19-14-13-16-21-17-19/h2,4,13-14,16-17H,5-12,15,18H2,1H3. The fourth-order valence-electron chi connectivity index (χ4n) is 2.32. The van der Waals surface area contributed by atoms with E-state index >= 15 is 0 Å². The van der Waals surface area contributed by atoms with Gasteiger partial charge < -0.3 is 4.74 Å². The number of rotatable bonds is 12. The van der Waals surface area contributed by atoms with Crippen LogP contribution in [0.4, 0.5) is 0 Å². The number of hydrogen-bond donors (Lipinski definition) is 0. The Morgan fingerprint density at radius 3 is 2.61 bits per heavy atom. The Morgan fingerprint density at radius 1 is 1.17 bits per heavy atom. The van der Waals surface area contributed by atoms with Crippen LogP contribution in [0, 0.1) is 0 Å². The molecule has 1 aromatic rings. The van der Waals surface area contributed by atoms with E-state index in [9.17, 15) is 4.79 Å². The van der Waals surface area contributed by atoms with Gasteiger partial charge in [-0.3, -0.25) is 9.78 Å². The predicted molar refractivity (Wildman–Crippen MR) is 93.9 cm³/mol. The van der Waals surface area contributed by atoms with Crippen molar-refractivity contribution in [1.29, 1.82) is 0 Å². The molecule has 0 saturated heterocycles. The molecule has 0 atom stereocenters. The van der Waals surface area contributed by atoms with Crippen molar-refractivity contribution >= 4 is 5.97 Å². The summed E-state index contributed by atoms with van der Waals surface area (Å²) in [6, 6.07) is 3.76. The Kier molecular flexibility index (Phi) is 11.5. The molecule has 0 aliphatic carbocycles. The topological polar surface area (TPSA) is 39.2 Å². The monoisotopic (exact) mass is 315 g/mol. The van der Waals surface area contributed by atoms with Gasteiger partial charge in [-0.05, 0) is 44.4 Å². The van der Waals surface area contributed by atoms with Crippen molar-refractivity contribution in [3.05, 3.63) is 48.0 Å². The van der Waals surface area contributed by atoms with Crippen molar-refractivity contribution < 1.29 is 9.53 Å². The molecule has 0 fully saturated rings. The summed E-state index contributed by atoms with van der Waals surface area (Å²) in [6.07, 6.45) is 17.5. The summed E-state index contributed by atoms with van der Waals surface area (Å²) in [6.45, 7) is 2.32. The van der Waals surface area contributed by atoms with Gasteiger partial charge in [0, 0.05) is 24.4 Å². The highest BCUT2D eigenvalue weighted by Crippen LogP contribution is 2.10. The van der Waals surface area contributed by atoms with Crippen LogP contribution in [-0.2, 0) is 16.1 Å². The van der Waals surface area contributed by atoms with E-state index in [-0.39, 0.29) is 5.97 Å². The number of esters is 1. The average Bonchev–Trinajstić information content (AvgIpc) is 2.59. The van der Waals surface area contributed by atoms with Gasteiger partial charge >= 0.3 is 5.97 Å². The lowest BCUT2D eigenvalue weighted by Crippen LogP contribution is -2.04. The van der Waals surface area contributed by atoms with Crippen LogP contribution in [0.25, 0.3) is 0 Å². The van der Waals surface area contributed by atoms with Gasteiger partial charge in [-0.25, -0.2) is 0 Å². The minimum atomic E-state index is -0.107. The third-order valence-electron chi connectivity index (χ3n) is 3.64. The molecule has 0 saturated carbocycles. The SMILES string of the molecule is CC=C=CCCCCCCCCCC(=O)OCc1cccnc1. The van der Waals surface area contributed by atoms with Crippen LogP contribution in [0.15, 0.2) is 42.4 Å². The van der Waals surface area contributed by atoms with Gasteiger partial charge in [0.2, 0.25) is 0 Å². The minimum absolute atomic E-state index is 0.107. The molecule has 0 aromatic carbocycles. The zero-order valence-electron chi connectivity index (χ0n) is 14.3. The van der Waals surface area contributed by atoms with E-state index < -0.39 is 0 Å². The van der Waals surface area contributed by atoms with Crippen LogP contribution >= 0.6 is 0 Å². The molecule has 126 valence electrons. The number of carbonyl (C=O) groups excluding carboxylic acids is 1. The predicted octanol–water partition coefficient (Wildman–Crippen LogP) is 5.37. The highest BCUT2D eigenvalue weighted by Gasteiger charge is 2.03. The van der Waals surface area contributed by atoms with E-state index in [1.807, 2.05) is 25.1 Å². The van der Waals surface area contributed by atoms with Crippen LogP contribution in [0.3, 0.4) is 0 Å². The maximum Gasteiger partial charge on any atom is 0.306 e. The Bertz CT molecular complexity index is 476. The van der Waals surface area contributed by atoms with Crippen LogP contribution in [0.1, 0.15) is 70.3 Å². The van der Waals surface area contributed by atoms with Gasteiger partial charge in [0.05, 0.1) is 0 Å². The van der Waals surface area contributed by atoms with Crippen molar-refractivity contribution in [3.63, 3.8) is 0 Å². The lowest BCUT2D eigenvalue weighted by atomic mass is 10.1. The Balaban J connectivity index is 1.88. The second-order valence-corrected chi connectivity index (χ2v) is 5.69. The maximum absolute atomic E-state index is 11.6. The number of carbonyl (C=O) groups is 1.